The van der Waals surface area contributed by atoms with Crippen LogP contribution in [-0.2, 0) is 6.42 Å². The van der Waals surface area contributed by atoms with Gasteiger partial charge in [-0.05, 0) is 17.9 Å². The third-order valence-electron chi connectivity index (χ3n) is 3.27. The van der Waals surface area contributed by atoms with Gasteiger partial charge in [0, 0.05) is 5.39 Å². The number of nitrogen functional groups attached to an aromatic ring is 1. The number of nitrogens with zero attached hydrogens (tertiary/aromatic N) is 3. The molecule has 0 radical (unpaired) electrons. The van der Waals surface area contributed by atoms with Crippen LogP contribution < -0.4 is 5.73 Å². The van der Waals surface area contributed by atoms with Crippen LogP contribution in [0.3, 0.4) is 0 Å². The molecule has 0 saturated carbocycles. The SMILES string of the molecule is CCCc1c(N)nnn1-c1cccc2ccccc12. The Balaban J connectivity index is 2.25. The number of rotatable bonds is 3. The van der Waals surface area contributed by atoms with Gasteiger partial charge in [0.2, 0.25) is 0 Å². The van der Waals surface area contributed by atoms with Gasteiger partial charge >= 0.3 is 0 Å². The Bertz CT molecular complexity index is 710. The molecule has 0 saturated heterocycles. The molecule has 4 heteroatoms. The normalized spacial score (nSPS) is 11.0. The standard InChI is InChI=1S/C15H16N4/c1-2-6-14-15(16)17-18-19(14)13-10-5-8-11-7-3-4-9-12(11)13/h3-5,7-10H,2,6,16H2,1H3. The molecule has 0 amide bonds. The summed E-state index contributed by atoms with van der Waals surface area (Å²) in [5, 5.41) is 10.6. The molecule has 19 heavy (non-hydrogen) atoms. The van der Waals surface area contributed by atoms with E-state index in [1.54, 1.807) is 0 Å². The van der Waals surface area contributed by atoms with Gasteiger partial charge in [-0.3, -0.25) is 0 Å². The maximum absolute atomic E-state index is 5.91. The average molecular weight is 252 g/mol. The van der Waals surface area contributed by atoms with Gasteiger partial charge in [0.25, 0.3) is 0 Å². The van der Waals surface area contributed by atoms with Crippen LogP contribution in [0.4, 0.5) is 5.82 Å². The van der Waals surface area contributed by atoms with Crippen LogP contribution in [0.5, 0.6) is 0 Å². The molecule has 0 bridgehead atoms. The van der Waals surface area contributed by atoms with E-state index < -0.39 is 0 Å². The number of nitrogens with two attached hydrogens (primary N) is 1. The van der Waals surface area contributed by atoms with Crippen LogP contribution in [0.15, 0.2) is 42.5 Å². The van der Waals surface area contributed by atoms with E-state index in [0.717, 1.165) is 29.6 Å². The lowest BCUT2D eigenvalue weighted by atomic mass is 10.1. The molecule has 0 spiro atoms. The topological polar surface area (TPSA) is 56.7 Å². The van der Waals surface area contributed by atoms with E-state index >= 15 is 0 Å². The maximum Gasteiger partial charge on any atom is 0.169 e. The highest BCUT2D eigenvalue weighted by Crippen LogP contribution is 2.24. The quantitative estimate of drug-likeness (QED) is 0.779. The summed E-state index contributed by atoms with van der Waals surface area (Å²) in [5.41, 5.74) is 7.93. The zero-order valence-electron chi connectivity index (χ0n) is 10.9. The number of fused-ring (bicyclic) bond motifs is 1. The van der Waals surface area contributed by atoms with E-state index in [4.69, 9.17) is 5.73 Å². The van der Waals surface area contributed by atoms with Crippen molar-refractivity contribution < 1.29 is 0 Å². The van der Waals surface area contributed by atoms with E-state index in [0.29, 0.717) is 5.82 Å². The fourth-order valence-corrected chi connectivity index (χ4v) is 2.37. The molecule has 4 nitrogen and oxygen atoms in total. The largest absolute Gasteiger partial charge is 0.381 e. The minimum absolute atomic E-state index is 0.523. The Morgan fingerprint density at radius 1 is 1.11 bits per heavy atom. The van der Waals surface area contributed by atoms with Gasteiger partial charge in [-0.1, -0.05) is 55.0 Å². The summed E-state index contributed by atoms with van der Waals surface area (Å²) in [4.78, 5) is 0. The van der Waals surface area contributed by atoms with Gasteiger partial charge in [-0.15, -0.1) is 5.10 Å². The first kappa shape index (κ1) is 11.7. The van der Waals surface area contributed by atoms with Crippen LogP contribution in [0.25, 0.3) is 16.5 Å². The lowest BCUT2D eigenvalue weighted by molar-refractivity contribution is 0.749. The molecular weight excluding hydrogens is 236 g/mol. The lowest BCUT2D eigenvalue weighted by Gasteiger charge is -2.09. The zero-order chi connectivity index (χ0) is 13.2. The highest BCUT2D eigenvalue weighted by molar-refractivity contribution is 5.90. The first-order valence-electron chi connectivity index (χ1n) is 6.49. The van der Waals surface area contributed by atoms with Crippen molar-refractivity contribution in [1.82, 2.24) is 15.0 Å². The predicted molar refractivity (Wildman–Crippen MR) is 77.3 cm³/mol. The van der Waals surface area contributed by atoms with Crippen LogP contribution in [0, 0.1) is 0 Å². The second-order valence-electron chi connectivity index (χ2n) is 4.58. The third-order valence-corrected chi connectivity index (χ3v) is 3.27. The predicted octanol–water partition coefficient (Wildman–Crippen LogP) is 2.96. The molecule has 96 valence electrons. The van der Waals surface area contributed by atoms with Gasteiger partial charge in [0.15, 0.2) is 5.82 Å². The minimum Gasteiger partial charge on any atom is -0.381 e. The Morgan fingerprint density at radius 2 is 1.89 bits per heavy atom. The van der Waals surface area contributed by atoms with E-state index in [1.165, 1.54) is 5.39 Å². The third kappa shape index (κ3) is 1.95. The molecule has 0 aliphatic heterocycles. The van der Waals surface area contributed by atoms with Crippen molar-refractivity contribution in [3.05, 3.63) is 48.2 Å². The van der Waals surface area contributed by atoms with E-state index in [2.05, 4.69) is 41.5 Å². The summed E-state index contributed by atoms with van der Waals surface area (Å²) in [5.74, 6) is 0.523. The molecule has 2 N–H and O–H groups in total. The van der Waals surface area contributed by atoms with Crippen molar-refractivity contribution in [1.29, 1.82) is 0 Å². The Morgan fingerprint density at radius 3 is 2.74 bits per heavy atom. The van der Waals surface area contributed by atoms with Crippen molar-refractivity contribution in [2.24, 2.45) is 0 Å². The van der Waals surface area contributed by atoms with Crippen LogP contribution >= 0.6 is 0 Å². The molecule has 2 aromatic carbocycles. The first-order valence-corrected chi connectivity index (χ1v) is 6.49. The van der Waals surface area contributed by atoms with Crippen molar-refractivity contribution in [3.8, 4) is 5.69 Å². The van der Waals surface area contributed by atoms with Gasteiger partial charge in [0.1, 0.15) is 0 Å². The molecule has 0 fully saturated rings. The van der Waals surface area contributed by atoms with E-state index in [-0.39, 0.29) is 0 Å². The van der Waals surface area contributed by atoms with Gasteiger partial charge < -0.3 is 5.73 Å². The highest BCUT2D eigenvalue weighted by atomic mass is 15.4. The minimum atomic E-state index is 0.523. The van der Waals surface area contributed by atoms with Crippen LogP contribution in [0.1, 0.15) is 19.0 Å². The molecule has 1 heterocycles. The fraction of sp³-hybridized carbons (Fsp3) is 0.200. The molecule has 1 aromatic heterocycles. The van der Waals surface area contributed by atoms with Crippen LogP contribution in [0.2, 0.25) is 0 Å². The van der Waals surface area contributed by atoms with Crippen molar-refractivity contribution in [2.45, 2.75) is 19.8 Å². The molecule has 3 aromatic rings. The maximum atomic E-state index is 5.91. The summed E-state index contributed by atoms with van der Waals surface area (Å²) in [6.07, 6.45) is 1.89. The molecule has 0 atom stereocenters. The Kier molecular flexibility index (Phi) is 2.91. The molecule has 0 unspecified atom stereocenters. The number of aromatic nitrogens is 3. The molecule has 0 aliphatic rings. The number of anilines is 1. The molecule has 3 rings (SSSR count). The average Bonchev–Trinajstić information content (AvgIpc) is 2.80. The number of hydrogen-bond acceptors (Lipinski definition) is 3. The van der Waals surface area contributed by atoms with Gasteiger partial charge in [-0.25, -0.2) is 4.68 Å². The second kappa shape index (κ2) is 4.72. The summed E-state index contributed by atoms with van der Waals surface area (Å²) < 4.78 is 1.86. The van der Waals surface area contributed by atoms with Crippen LogP contribution in [-0.4, -0.2) is 15.0 Å². The van der Waals surface area contributed by atoms with E-state index in [9.17, 15) is 0 Å². The summed E-state index contributed by atoms with van der Waals surface area (Å²) in [6.45, 7) is 2.12. The van der Waals surface area contributed by atoms with E-state index in [1.807, 2.05) is 22.9 Å². The number of hydrogen-bond donors (Lipinski definition) is 1. The van der Waals surface area contributed by atoms with Crippen molar-refractivity contribution in [2.75, 3.05) is 5.73 Å². The molecule has 0 aliphatic carbocycles. The smallest absolute Gasteiger partial charge is 0.169 e. The second-order valence-corrected chi connectivity index (χ2v) is 4.58. The van der Waals surface area contributed by atoms with Crippen molar-refractivity contribution in [3.63, 3.8) is 0 Å². The lowest BCUT2D eigenvalue weighted by Crippen LogP contribution is -2.04. The van der Waals surface area contributed by atoms with Gasteiger partial charge in [-0.2, -0.15) is 0 Å². The first-order chi connectivity index (χ1) is 9.31. The highest BCUT2D eigenvalue weighted by Gasteiger charge is 2.12. The monoisotopic (exact) mass is 252 g/mol. The number of benzene rings is 2. The summed E-state index contributed by atoms with van der Waals surface area (Å²) >= 11 is 0. The fourth-order valence-electron chi connectivity index (χ4n) is 2.37. The summed E-state index contributed by atoms with van der Waals surface area (Å²) in [6, 6.07) is 14.4. The van der Waals surface area contributed by atoms with Gasteiger partial charge in [0.05, 0.1) is 11.4 Å². The zero-order valence-corrected chi connectivity index (χ0v) is 10.9. The molecular formula is C15H16N4. The Labute approximate surface area is 111 Å². The summed E-state index contributed by atoms with van der Waals surface area (Å²) in [7, 11) is 0. The van der Waals surface area contributed by atoms with Crippen molar-refractivity contribution >= 4 is 16.6 Å². The Hall–Kier alpha value is -2.36.